The predicted molar refractivity (Wildman–Crippen MR) is 82.9 cm³/mol. The molecule has 118 valence electrons. The summed E-state index contributed by atoms with van der Waals surface area (Å²) in [6.45, 7) is 9.59. The van der Waals surface area contributed by atoms with Crippen LogP contribution in [-0.2, 0) is 15.1 Å². The first-order valence-corrected chi connectivity index (χ1v) is 7.63. The Hall–Kier alpha value is -1.13. The molecule has 0 aliphatic carbocycles. The Morgan fingerprint density at radius 2 is 1.95 bits per heavy atom. The van der Waals surface area contributed by atoms with Crippen molar-refractivity contribution in [1.29, 1.82) is 0 Å². The van der Waals surface area contributed by atoms with E-state index in [0.717, 1.165) is 18.7 Å². The quantitative estimate of drug-likeness (QED) is 0.713. The van der Waals surface area contributed by atoms with Crippen LogP contribution in [0.4, 0.5) is 4.39 Å². The number of benzene rings is 1. The van der Waals surface area contributed by atoms with Crippen LogP contribution >= 0.6 is 11.6 Å². The molecular formula is C16H23ClFNO2. The lowest BCUT2D eigenvalue weighted by molar-refractivity contribution is -0.146. The molecule has 0 aromatic heterocycles. The number of esters is 1. The molecule has 0 fully saturated rings. The van der Waals surface area contributed by atoms with Gasteiger partial charge in [-0.2, -0.15) is 0 Å². The van der Waals surface area contributed by atoms with Crippen LogP contribution < -0.4 is 0 Å². The number of rotatable bonds is 7. The summed E-state index contributed by atoms with van der Waals surface area (Å²) in [7, 11) is 0. The maximum atomic E-state index is 13.3. The van der Waals surface area contributed by atoms with E-state index in [0.29, 0.717) is 11.6 Å². The first kappa shape index (κ1) is 17.9. The summed E-state index contributed by atoms with van der Waals surface area (Å²) >= 11 is 6.21. The molecule has 1 aromatic carbocycles. The van der Waals surface area contributed by atoms with Gasteiger partial charge in [-0.3, -0.25) is 9.69 Å². The van der Waals surface area contributed by atoms with Gasteiger partial charge in [-0.15, -0.1) is 0 Å². The third-order valence-electron chi connectivity index (χ3n) is 3.77. The number of hydrogen-bond acceptors (Lipinski definition) is 3. The minimum Gasteiger partial charge on any atom is -0.466 e. The number of halogens is 2. The van der Waals surface area contributed by atoms with Gasteiger partial charge in [0, 0.05) is 5.02 Å². The van der Waals surface area contributed by atoms with Crippen molar-refractivity contribution in [2.45, 2.75) is 39.7 Å². The second-order valence-corrected chi connectivity index (χ2v) is 5.46. The number of carbonyl (C=O) groups is 1. The molecule has 0 amide bonds. The third kappa shape index (κ3) is 4.17. The average molecular weight is 316 g/mol. The predicted octanol–water partition coefficient (Wildman–Crippen LogP) is 3.99. The largest absolute Gasteiger partial charge is 0.466 e. The van der Waals surface area contributed by atoms with E-state index in [1.54, 1.807) is 13.0 Å². The maximum absolute atomic E-state index is 13.3. The van der Waals surface area contributed by atoms with Crippen LogP contribution in [0.15, 0.2) is 18.2 Å². The lowest BCUT2D eigenvalue weighted by atomic mass is 9.86. The van der Waals surface area contributed by atoms with Crippen molar-refractivity contribution < 1.29 is 13.9 Å². The zero-order valence-electron chi connectivity index (χ0n) is 13.1. The van der Waals surface area contributed by atoms with E-state index in [1.807, 2.05) is 20.8 Å². The van der Waals surface area contributed by atoms with Gasteiger partial charge in [0.1, 0.15) is 5.82 Å². The molecule has 1 unspecified atom stereocenters. The summed E-state index contributed by atoms with van der Waals surface area (Å²) in [5.41, 5.74) is 0.114. The molecule has 0 bridgehead atoms. The van der Waals surface area contributed by atoms with Crippen LogP contribution in [0.1, 0.15) is 39.7 Å². The van der Waals surface area contributed by atoms with E-state index >= 15 is 0 Å². The summed E-state index contributed by atoms with van der Waals surface area (Å²) < 4.78 is 18.4. The zero-order chi connectivity index (χ0) is 16.0. The van der Waals surface area contributed by atoms with Gasteiger partial charge in [-0.1, -0.05) is 31.5 Å². The van der Waals surface area contributed by atoms with Crippen molar-refractivity contribution >= 4 is 17.6 Å². The van der Waals surface area contributed by atoms with Gasteiger partial charge in [0.15, 0.2) is 0 Å². The molecule has 21 heavy (non-hydrogen) atoms. The average Bonchev–Trinajstić information content (AvgIpc) is 2.39. The smallest absolute Gasteiger partial charge is 0.308 e. The summed E-state index contributed by atoms with van der Waals surface area (Å²) in [6.07, 6.45) is 0.174. The van der Waals surface area contributed by atoms with E-state index < -0.39 is 5.54 Å². The molecule has 0 saturated heterocycles. The number of ether oxygens (including phenoxy) is 1. The molecule has 0 radical (unpaired) electrons. The molecule has 5 heteroatoms. The lowest BCUT2D eigenvalue weighted by Crippen LogP contribution is -2.45. The fourth-order valence-electron chi connectivity index (χ4n) is 2.72. The minimum absolute atomic E-state index is 0.174. The van der Waals surface area contributed by atoms with Gasteiger partial charge < -0.3 is 4.74 Å². The normalized spacial score (nSPS) is 14.0. The summed E-state index contributed by atoms with van der Waals surface area (Å²) in [5, 5.41) is 0.327. The summed E-state index contributed by atoms with van der Waals surface area (Å²) in [5.74, 6) is -0.672. The lowest BCUT2D eigenvalue weighted by Gasteiger charge is -2.40. The molecule has 0 aliphatic heterocycles. The van der Waals surface area contributed by atoms with Crippen molar-refractivity contribution in [3.05, 3.63) is 34.6 Å². The van der Waals surface area contributed by atoms with Crippen LogP contribution in [0.25, 0.3) is 0 Å². The Bertz CT molecular complexity index is 491. The third-order valence-corrected chi connectivity index (χ3v) is 4.08. The highest BCUT2D eigenvalue weighted by Crippen LogP contribution is 2.36. The van der Waals surface area contributed by atoms with Crippen LogP contribution in [0.5, 0.6) is 0 Å². The summed E-state index contributed by atoms with van der Waals surface area (Å²) in [6, 6.07) is 4.30. The second kappa shape index (κ2) is 7.76. The molecule has 0 aliphatic rings. The first-order valence-electron chi connectivity index (χ1n) is 7.25. The number of hydrogen-bond donors (Lipinski definition) is 0. The number of carbonyl (C=O) groups excluding carboxylic acids is 1. The first-order chi connectivity index (χ1) is 9.88. The molecule has 0 saturated carbocycles. The van der Waals surface area contributed by atoms with Crippen LogP contribution in [0.3, 0.4) is 0 Å². The van der Waals surface area contributed by atoms with Crippen LogP contribution in [0, 0.1) is 5.82 Å². The SMILES string of the molecule is CCOC(=O)CC(C)(c1ccc(F)cc1Cl)N(CC)CC. The molecule has 3 nitrogen and oxygen atoms in total. The second-order valence-electron chi connectivity index (χ2n) is 5.05. The van der Waals surface area contributed by atoms with Crippen molar-refractivity contribution in [2.24, 2.45) is 0 Å². The monoisotopic (exact) mass is 315 g/mol. The fraction of sp³-hybridized carbons (Fsp3) is 0.562. The standard InChI is InChI=1S/C16H23ClFNO2/c1-5-19(6-2)16(4,11-15(20)21-7-3)13-9-8-12(18)10-14(13)17/h8-10H,5-7,11H2,1-4H3. The molecular weight excluding hydrogens is 293 g/mol. The Morgan fingerprint density at radius 3 is 2.43 bits per heavy atom. The van der Waals surface area contributed by atoms with Gasteiger partial charge in [-0.25, -0.2) is 4.39 Å². The molecule has 1 rings (SSSR count). The topological polar surface area (TPSA) is 29.5 Å². The van der Waals surface area contributed by atoms with E-state index in [1.165, 1.54) is 12.1 Å². The maximum Gasteiger partial charge on any atom is 0.308 e. The van der Waals surface area contributed by atoms with Crippen LogP contribution in [0.2, 0.25) is 5.02 Å². The van der Waals surface area contributed by atoms with Gasteiger partial charge in [0.25, 0.3) is 0 Å². The Morgan fingerprint density at radius 1 is 1.33 bits per heavy atom. The molecule has 0 heterocycles. The highest BCUT2D eigenvalue weighted by atomic mass is 35.5. The molecule has 1 atom stereocenters. The van der Waals surface area contributed by atoms with E-state index in [2.05, 4.69) is 4.90 Å². The van der Waals surface area contributed by atoms with E-state index in [9.17, 15) is 9.18 Å². The van der Waals surface area contributed by atoms with Crippen molar-refractivity contribution in [3.8, 4) is 0 Å². The Kier molecular flexibility index (Phi) is 6.62. The van der Waals surface area contributed by atoms with Gasteiger partial charge in [0.2, 0.25) is 0 Å². The van der Waals surface area contributed by atoms with E-state index in [-0.39, 0.29) is 18.2 Å². The zero-order valence-corrected chi connectivity index (χ0v) is 13.8. The van der Waals surface area contributed by atoms with Crippen molar-refractivity contribution in [3.63, 3.8) is 0 Å². The van der Waals surface area contributed by atoms with Crippen molar-refractivity contribution in [1.82, 2.24) is 4.90 Å². The summed E-state index contributed by atoms with van der Waals surface area (Å²) in [4.78, 5) is 14.1. The molecule has 0 N–H and O–H groups in total. The van der Waals surface area contributed by atoms with Crippen LogP contribution in [-0.4, -0.2) is 30.6 Å². The Balaban J connectivity index is 3.26. The number of nitrogens with zero attached hydrogens (tertiary/aromatic N) is 1. The van der Waals surface area contributed by atoms with Crippen molar-refractivity contribution in [2.75, 3.05) is 19.7 Å². The van der Waals surface area contributed by atoms with E-state index in [4.69, 9.17) is 16.3 Å². The highest BCUT2D eigenvalue weighted by molar-refractivity contribution is 6.31. The Labute approximate surface area is 131 Å². The van der Waals surface area contributed by atoms with Gasteiger partial charge in [-0.05, 0) is 44.6 Å². The minimum atomic E-state index is -0.624. The highest BCUT2D eigenvalue weighted by Gasteiger charge is 2.36. The fourth-order valence-corrected chi connectivity index (χ4v) is 3.09. The van der Waals surface area contributed by atoms with Gasteiger partial charge in [0.05, 0.1) is 18.6 Å². The van der Waals surface area contributed by atoms with Gasteiger partial charge >= 0.3 is 5.97 Å². The molecule has 1 aromatic rings. The molecule has 0 spiro atoms.